The van der Waals surface area contributed by atoms with Crippen molar-refractivity contribution >= 4 is 21.8 Å². The normalized spacial score (nSPS) is 11.5. The van der Waals surface area contributed by atoms with E-state index >= 15 is 0 Å². The molecule has 0 unspecified atom stereocenters. The first-order valence-corrected chi connectivity index (χ1v) is 7.04. The average molecular weight is 294 g/mol. The lowest BCUT2D eigenvalue weighted by Gasteiger charge is -2.18. The number of carbonyl (C=O) groups is 1. The largest absolute Gasteiger partial charge is 0.366 e. The topological polar surface area (TPSA) is 38.3 Å². The number of rotatable bonds is 8. The first kappa shape index (κ1) is 15.9. The summed E-state index contributed by atoms with van der Waals surface area (Å²) in [6.45, 7) is 6.75. The van der Waals surface area contributed by atoms with E-state index in [0.29, 0.717) is 0 Å². The summed E-state index contributed by atoms with van der Waals surface area (Å²) in [6.07, 6.45) is 4.65. The first-order valence-electron chi connectivity index (χ1n) is 5.92. The molecule has 0 heterocycles. The Kier molecular flexibility index (Phi) is 8.94. The van der Waals surface area contributed by atoms with Crippen LogP contribution in [0.15, 0.2) is 0 Å². The fraction of sp³-hybridized carbons (Fsp3) is 0.917. The van der Waals surface area contributed by atoms with Crippen molar-refractivity contribution in [3.8, 4) is 0 Å². The number of ether oxygens (including phenoxy) is 1. The molecule has 0 aliphatic rings. The van der Waals surface area contributed by atoms with Crippen molar-refractivity contribution < 1.29 is 9.53 Å². The van der Waals surface area contributed by atoms with Crippen molar-refractivity contribution in [1.29, 1.82) is 0 Å². The zero-order valence-corrected chi connectivity index (χ0v) is 12.2. The van der Waals surface area contributed by atoms with Crippen molar-refractivity contribution in [3.05, 3.63) is 0 Å². The van der Waals surface area contributed by atoms with Crippen molar-refractivity contribution in [1.82, 2.24) is 5.32 Å². The molecule has 16 heavy (non-hydrogen) atoms. The molecular weight excluding hydrogens is 270 g/mol. The van der Waals surface area contributed by atoms with Gasteiger partial charge < -0.3 is 10.1 Å². The highest BCUT2D eigenvalue weighted by atomic mass is 79.9. The Morgan fingerprint density at radius 1 is 1.19 bits per heavy atom. The van der Waals surface area contributed by atoms with Crippen LogP contribution >= 0.6 is 15.9 Å². The molecule has 0 rings (SSSR count). The van der Waals surface area contributed by atoms with Gasteiger partial charge in [-0.3, -0.25) is 4.79 Å². The van der Waals surface area contributed by atoms with Gasteiger partial charge in [-0.05, 0) is 33.6 Å². The van der Waals surface area contributed by atoms with Crippen molar-refractivity contribution in [2.24, 2.45) is 0 Å². The van der Waals surface area contributed by atoms with E-state index in [4.69, 9.17) is 4.74 Å². The van der Waals surface area contributed by atoms with Gasteiger partial charge in [-0.25, -0.2) is 0 Å². The Morgan fingerprint density at radius 2 is 1.81 bits per heavy atom. The molecule has 0 saturated carbocycles. The molecule has 1 N–H and O–H groups in total. The molecule has 0 spiro atoms. The smallest absolute Gasteiger partial charge is 0.246 e. The van der Waals surface area contributed by atoms with Crippen LogP contribution < -0.4 is 5.32 Å². The highest BCUT2D eigenvalue weighted by Gasteiger charge is 2.12. The average Bonchev–Trinajstić information content (AvgIpc) is 2.19. The molecule has 0 aromatic heterocycles. The van der Waals surface area contributed by atoms with Crippen LogP contribution in [0.3, 0.4) is 0 Å². The van der Waals surface area contributed by atoms with Crippen molar-refractivity contribution in [2.45, 2.75) is 52.1 Å². The van der Waals surface area contributed by atoms with Crippen molar-refractivity contribution in [3.63, 3.8) is 0 Å². The lowest BCUT2D eigenvalue weighted by molar-refractivity contribution is -0.130. The maximum absolute atomic E-state index is 11.3. The highest BCUT2D eigenvalue weighted by Crippen LogP contribution is 2.05. The number of halogens is 1. The summed E-state index contributed by atoms with van der Waals surface area (Å²) >= 11 is 3.39. The molecule has 0 aromatic carbocycles. The minimum Gasteiger partial charge on any atom is -0.366 e. The molecule has 0 aliphatic heterocycles. The zero-order valence-electron chi connectivity index (χ0n) is 10.6. The predicted octanol–water partition coefficient (Wildman–Crippen LogP) is 2.87. The van der Waals surface area contributed by atoms with Crippen LogP contribution in [0, 0.1) is 0 Å². The van der Waals surface area contributed by atoms with Crippen LogP contribution in [-0.4, -0.2) is 30.0 Å². The minimum atomic E-state index is -0.243. The summed E-state index contributed by atoms with van der Waals surface area (Å²) in [5, 5.41) is 3.92. The Labute approximate surface area is 107 Å². The second-order valence-corrected chi connectivity index (χ2v) is 5.65. The summed E-state index contributed by atoms with van der Waals surface area (Å²) in [5.41, 5.74) is -0.243. The third kappa shape index (κ3) is 12.0. The van der Waals surface area contributed by atoms with Gasteiger partial charge in [-0.2, -0.15) is 0 Å². The van der Waals surface area contributed by atoms with E-state index in [2.05, 4.69) is 21.2 Å². The summed E-state index contributed by atoms with van der Waals surface area (Å²) in [6, 6.07) is 0. The molecular formula is C12H24BrNO2. The minimum absolute atomic E-state index is 0.0181. The summed E-state index contributed by atoms with van der Waals surface area (Å²) in [7, 11) is 0. The Morgan fingerprint density at radius 3 is 2.38 bits per heavy atom. The molecule has 0 radical (unpaired) electrons. The van der Waals surface area contributed by atoms with Crippen LogP contribution in [0.25, 0.3) is 0 Å². The maximum atomic E-state index is 11.3. The van der Waals surface area contributed by atoms with Gasteiger partial charge in [0.25, 0.3) is 0 Å². The second-order valence-electron chi connectivity index (χ2n) is 4.85. The second kappa shape index (κ2) is 8.99. The van der Waals surface area contributed by atoms with Crippen LogP contribution in [-0.2, 0) is 9.53 Å². The molecule has 3 nitrogen and oxygen atoms in total. The standard InChI is InChI=1S/C12H24BrNO2/c1-12(2,3)16-10-11(15)14-9-7-5-4-6-8-13/h4-10H2,1-3H3,(H,14,15). The monoisotopic (exact) mass is 293 g/mol. The number of amides is 1. The molecule has 0 bridgehead atoms. The first-order chi connectivity index (χ1) is 7.45. The number of hydrogen-bond donors (Lipinski definition) is 1. The van der Waals surface area contributed by atoms with E-state index in [1.54, 1.807) is 0 Å². The van der Waals surface area contributed by atoms with Gasteiger partial charge in [0.1, 0.15) is 6.61 Å². The fourth-order valence-corrected chi connectivity index (χ4v) is 1.53. The van der Waals surface area contributed by atoms with Gasteiger partial charge in [0.05, 0.1) is 5.60 Å². The molecule has 0 atom stereocenters. The summed E-state index contributed by atoms with van der Waals surface area (Å²) in [5.74, 6) is -0.0181. The molecule has 0 aromatic rings. The van der Waals surface area contributed by atoms with Crippen LogP contribution in [0.5, 0.6) is 0 Å². The van der Waals surface area contributed by atoms with E-state index in [-0.39, 0.29) is 18.1 Å². The van der Waals surface area contributed by atoms with E-state index in [0.717, 1.165) is 18.3 Å². The molecule has 4 heteroatoms. The van der Waals surface area contributed by atoms with Crippen LogP contribution in [0.1, 0.15) is 46.5 Å². The highest BCUT2D eigenvalue weighted by molar-refractivity contribution is 9.09. The number of nitrogens with one attached hydrogen (secondary N) is 1. The number of alkyl halides is 1. The van der Waals surface area contributed by atoms with Gasteiger partial charge in [-0.15, -0.1) is 0 Å². The van der Waals surface area contributed by atoms with E-state index in [9.17, 15) is 4.79 Å². The Hall–Kier alpha value is -0.0900. The van der Waals surface area contributed by atoms with Crippen LogP contribution in [0.2, 0.25) is 0 Å². The van der Waals surface area contributed by atoms with Gasteiger partial charge in [0, 0.05) is 11.9 Å². The van der Waals surface area contributed by atoms with Crippen molar-refractivity contribution in [2.75, 3.05) is 18.5 Å². The summed E-state index contributed by atoms with van der Waals surface area (Å²) < 4.78 is 5.37. The third-order valence-electron chi connectivity index (χ3n) is 2.02. The van der Waals surface area contributed by atoms with E-state index < -0.39 is 0 Å². The zero-order chi connectivity index (χ0) is 12.4. The summed E-state index contributed by atoms with van der Waals surface area (Å²) in [4.78, 5) is 11.3. The van der Waals surface area contributed by atoms with Gasteiger partial charge in [0.2, 0.25) is 5.91 Å². The van der Waals surface area contributed by atoms with E-state index in [1.165, 1.54) is 19.3 Å². The molecule has 0 aliphatic carbocycles. The lowest BCUT2D eigenvalue weighted by atomic mass is 10.2. The van der Waals surface area contributed by atoms with Gasteiger partial charge in [-0.1, -0.05) is 28.8 Å². The quantitative estimate of drug-likeness (QED) is 0.552. The lowest BCUT2D eigenvalue weighted by Crippen LogP contribution is -2.32. The SMILES string of the molecule is CC(C)(C)OCC(=O)NCCCCCCBr. The third-order valence-corrected chi connectivity index (χ3v) is 2.58. The number of carbonyl (C=O) groups excluding carboxylic acids is 1. The molecule has 1 amide bonds. The molecule has 0 saturated heterocycles. The van der Waals surface area contributed by atoms with Gasteiger partial charge >= 0.3 is 0 Å². The Balaban J connectivity index is 3.31. The number of unbranched alkanes of at least 4 members (excludes halogenated alkanes) is 3. The molecule has 96 valence electrons. The molecule has 0 fully saturated rings. The van der Waals surface area contributed by atoms with Crippen LogP contribution in [0.4, 0.5) is 0 Å². The fourth-order valence-electron chi connectivity index (χ4n) is 1.13. The number of hydrogen-bond acceptors (Lipinski definition) is 2. The van der Waals surface area contributed by atoms with Gasteiger partial charge in [0.15, 0.2) is 0 Å². The predicted molar refractivity (Wildman–Crippen MR) is 71.0 cm³/mol. The van der Waals surface area contributed by atoms with E-state index in [1.807, 2.05) is 20.8 Å². The Bertz CT molecular complexity index is 190. The maximum Gasteiger partial charge on any atom is 0.246 e.